The number of halogens is 1. The molecule has 3 nitrogen and oxygen atoms in total. The van der Waals surface area contributed by atoms with Crippen molar-refractivity contribution in [2.75, 3.05) is 0 Å². The van der Waals surface area contributed by atoms with E-state index in [0.29, 0.717) is 0 Å². The van der Waals surface area contributed by atoms with E-state index >= 15 is 0 Å². The molecule has 0 atom stereocenters. The number of aromatic carboxylic acids is 1. The van der Waals surface area contributed by atoms with Gasteiger partial charge < -0.3 is 5.11 Å². The second-order valence-electron chi connectivity index (χ2n) is 3.03. The highest BCUT2D eigenvalue weighted by molar-refractivity contribution is 6.32. The van der Waals surface area contributed by atoms with E-state index in [1.807, 2.05) is 13.8 Å². The van der Waals surface area contributed by atoms with Crippen molar-refractivity contribution < 1.29 is 9.90 Å². The molecule has 0 amide bonds. The molecule has 0 radical (unpaired) electrons. The van der Waals surface area contributed by atoms with Gasteiger partial charge in [0, 0.05) is 5.69 Å². The molecule has 1 aromatic heterocycles. The van der Waals surface area contributed by atoms with Crippen molar-refractivity contribution in [1.82, 2.24) is 4.98 Å². The zero-order valence-corrected chi connectivity index (χ0v) is 8.17. The molecule has 0 aliphatic rings. The van der Waals surface area contributed by atoms with Crippen molar-refractivity contribution >= 4 is 17.6 Å². The van der Waals surface area contributed by atoms with E-state index in [1.54, 1.807) is 6.07 Å². The van der Waals surface area contributed by atoms with Crippen LogP contribution in [0.5, 0.6) is 0 Å². The molecule has 1 N–H and O–H groups in total. The van der Waals surface area contributed by atoms with Crippen molar-refractivity contribution in [2.45, 2.75) is 19.8 Å². The Balaban J connectivity index is 3.13. The second kappa shape index (κ2) is 3.75. The van der Waals surface area contributed by atoms with Crippen LogP contribution < -0.4 is 0 Å². The monoisotopic (exact) mass is 199 g/mol. The minimum Gasteiger partial charge on any atom is -0.478 e. The maximum absolute atomic E-state index is 10.6. The number of aromatic nitrogens is 1. The molecule has 13 heavy (non-hydrogen) atoms. The molecular weight excluding hydrogens is 190 g/mol. The highest BCUT2D eigenvalue weighted by atomic mass is 35.5. The Morgan fingerprint density at radius 1 is 1.54 bits per heavy atom. The third-order valence-electron chi connectivity index (χ3n) is 1.69. The zero-order chi connectivity index (χ0) is 10.0. The molecule has 1 rings (SSSR count). The maximum Gasteiger partial charge on any atom is 0.338 e. The highest BCUT2D eigenvalue weighted by Gasteiger charge is 2.11. The van der Waals surface area contributed by atoms with Crippen molar-refractivity contribution in [3.8, 4) is 0 Å². The Bertz CT molecular complexity index is 336. The summed E-state index contributed by atoms with van der Waals surface area (Å²) in [6.07, 6.45) is 0. The first-order valence-electron chi connectivity index (χ1n) is 3.92. The minimum absolute atomic E-state index is 0.0473. The van der Waals surface area contributed by atoms with Crippen molar-refractivity contribution in [2.24, 2.45) is 0 Å². The van der Waals surface area contributed by atoms with Gasteiger partial charge in [0.1, 0.15) is 5.15 Å². The van der Waals surface area contributed by atoms with Gasteiger partial charge in [0.05, 0.1) is 5.56 Å². The van der Waals surface area contributed by atoms with E-state index in [9.17, 15) is 4.79 Å². The maximum atomic E-state index is 10.6. The van der Waals surface area contributed by atoms with Crippen LogP contribution in [0.1, 0.15) is 35.8 Å². The number of carbonyl (C=O) groups is 1. The molecular formula is C9H10ClNO2. The van der Waals surface area contributed by atoms with E-state index in [4.69, 9.17) is 16.7 Å². The van der Waals surface area contributed by atoms with Gasteiger partial charge in [0.15, 0.2) is 0 Å². The standard InChI is InChI=1S/C9H10ClNO2/c1-5(2)7-4-3-6(9(12)13)8(10)11-7/h3-5H,1-2H3,(H,12,13). The van der Waals surface area contributed by atoms with Gasteiger partial charge in [0.25, 0.3) is 0 Å². The summed E-state index contributed by atoms with van der Waals surface area (Å²) in [4.78, 5) is 14.6. The largest absolute Gasteiger partial charge is 0.478 e. The molecule has 0 aliphatic heterocycles. The fraction of sp³-hybridized carbons (Fsp3) is 0.333. The van der Waals surface area contributed by atoms with Crippen LogP contribution in [-0.2, 0) is 0 Å². The summed E-state index contributed by atoms with van der Waals surface area (Å²) in [5, 5.41) is 8.73. The van der Waals surface area contributed by atoms with Gasteiger partial charge in [-0.2, -0.15) is 0 Å². The van der Waals surface area contributed by atoms with Crippen LogP contribution in [0.15, 0.2) is 12.1 Å². The van der Waals surface area contributed by atoms with Crippen LogP contribution >= 0.6 is 11.6 Å². The summed E-state index contributed by atoms with van der Waals surface area (Å²) in [5.41, 5.74) is 0.848. The smallest absolute Gasteiger partial charge is 0.338 e. The Morgan fingerprint density at radius 3 is 2.54 bits per heavy atom. The molecule has 0 spiro atoms. The lowest BCUT2D eigenvalue weighted by molar-refractivity contribution is 0.0696. The molecule has 70 valence electrons. The Hall–Kier alpha value is -1.09. The molecule has 0 unspecified atom stereocenters. The molecule has 4 heteroatoms. The average Bonchev–Trinajstić information content (AvgIpc) is 2.03. The highest BCUT2D eigenvalue weighted by Crippen LogP contribution is 2.18. The number of hydrogen-bond acceptors (Lipinski definition) is 2. The van der Waals surface area contributed by atoms with Gasteiger partial charge in [-0.05, 0) is 18.1 Å². The van der Waals surface area contributed by atoms with Crippen LogP contribution in [0.25, 0.3) is 0 Å². The molecule has 1 aromatic rings. The van der Waals surface area contributed by atoms with Crippen molar-refractivity contribution in [3.05, 3.63) is 28.5 Å². The fourth-order valence-electron chi connectivity index (χ4n) is 0.929. The minimum atomic E-state index is -1.05. The summed E-state index contributed by atoms with van der Waals surface area (Å²) in [6, 6.07) is 3.16. The quantitative estimate of drug-likeness (QED) is 0.745. The summed E-state index contributed by atoms with van der Waals surface area (Å²) in [7, 11) is 0. The number of nitrogens with zero attached hydrogens (tertiary/aromatic N) is 1. The number of rotatable bonds is 2. The topological polar surface area (TPSA) is 50.2 Å². The van der Waals surface area contributed by atoms with Gasteiger partial charge in [-0.3, -0.25) is 0 Å². The summed E-state index contributed by atoms with van der Waals surface area (Å²) in [6.45, 7) is 3.94. The lowest BCUT2D eigenvalue weighted by Crippen LogP contribution is -2.01. The van der Waals surface area contributed by atoms with Gasteiger partial charge in [-0.1, -0.05) is 25.4 Å². The first kappa shape index (κ1) is 9.99. The summed E-state index contributed by atoms with van der Waals surface area (Å²) < 4.78 is 0. The van der Waals surface area contributed by atoms with E-state index < -0.39 is 5.97 Å². The third kappa shape index (κ3) is 2.18. The van der Waals surface area contributed by atoms with Gasteiger partial charge >= 0.3 is 5.97 Å². The van der Waals surface area contributed by atoms with E-state index in [2.05, 4.69) is 4.98 Å². The normalized spacial score (nSPS) is 10.5. The molecule has 0 saturated heterocycles. The van der Waals surface area contributed by atoms with Crippen LogP contribution in [-0.4, -0.2) is 16.1 Å². The van der Waals surface area contributed by atoms with E-state index in [1.165, 1.54) is 6.07 Å². The first-order valence-corrected chi connectivity index (χ1v) is 4.30. The zero-order valence-electron chi connectivity index (χ0n) is 7.41. The number of carboxylic acid groups (broad SMARTS) is 1. The molecule has 0 bridgehead atoms. The lowest BCUT2D eigenvalue weighted by atomic mass is 10.1. The fourth-order valence-corrected chi connectivity index (χ4v) is 1.17. The molecule has 0 saturated carbocycles. The molecule has 0 fully saturated rings. The molecule has 1 heterocycles. The second-order valence-corrected chi connectivity index (χ2v) is 3.39. The van der Waals surface area contributed by atoms with Crippen LogP contribution in [0, 0.1) is 0 Å². The predicted octanol–water partition coefficient (Wildman–Crippen LogP) is 2.56. The lowest BCUT2D eigenvalue weighted by Gasteiger charge is -2.05. The summed E-state index contributed by atoms with van der Waals surface area (Å²) >= 11 is 5.68. The summed E-state index contributed by atoms with van der Waals surface area (Å²) in [5.74, 6) is -0.798. The van der Waals surface area contributed by atoms with Gasteiger partial charge in [-0.15, -0.1) is 0 Å². The van der Waals surface area contributed by atoms with Crippen LogP contribution in [0.3, 0.4) is 0 Å². The number of pyridine rings is 1. The molecule has 0 aromatic carbocycles. The number of hydrogen-bond donors (Lipinski definition) is 1. The third-order valence-corrected chi connectivity index (χ3v) is 1.98. The Labute approximate surface area is 81.4 Å². The Kier molecular flexibility index (Phi) is 2.88. The Morgan fingerprint density at radius 2 is 2.15 bits per heavy atom. The van der Waals surface area contributed by atoms with Crippen molar-refractivity contribution in [3.63, 3.8) is 0 Å². The van der Waals surface area contributed by atoms with Crippen LogP contribution in [0.2, 0.25) is 5.15 Å². The van der Waals surface area contributed by atoms with E-state index in [-0.39, 0.29) is 16.6 Å². The predicted molar refractivity (Wildman–Crippen MR) is 50.3 cm³/mol. The first-order chi connectivity index (χ1) is 6.02. The number of carboxylic acids is 1. The van der Waals surface area contributed by atoms with Crippen molar-refractivity contribution in [1.29, 1.82) is 0 Å². The van der Waals surface area contributed by atoms with Crippen LogP contribution in [0.4, 0.5) is 0 Å². The van der Waals surface area contributed by atoms with Gasteiger partial charge in [0.2, 0.25) is 0 Å². The van der Waals surface area contributed by atoms with Gasteiger partial charge in [-0.25, -0.2) is 9.78 Å². The SMILES string of the molecule is CC(C)c1ccc(C(=O)O)c(Cl)n1. The molecule has 0 aliphatic carbocycles. The average molecular weight is 200 g/mol. The van der Waals surface area contributed by atoms with E-state index in [0.717, 1.165) is 5.69 Å².